The van der Waals surface area contributed by atoms with Gasteiger partial charge in [-0.1, -0.05) is 37.3 Å². The fourth-order valence-corrected chi connectivity index (χ4v) is 2.56. The highest BCUT2D eigenvalue weighted by molar-refractivity contribution is 5.79. The van der Waals surface area contributed by atoms with Crippen LogP contribution in [0.25, 0.3) is 0 Å². The van der Waals surface area contributed by atoms with Crippen LogP contribution in [0.4, 0.5) is 0 Å². The zero-order valence-corrected chi connectivity index (χ0v) is 11.4. The minimum absolute atomic E-state index is 0.790. The monoisotopic (exact) mass is 244 g/mol. The summed E-state index contributed by atoms with van der Waals surface area (Å²) in [5, 5.41) is 0. The van der Waals surface area contributed by atoms with E-state index in [1.165, 1.54) is 44.5 Å². The average Bonchev–Trinajstić information content (AvgIpc) is 2.42. The first-order valence-electron chi connectivity index (χ1n) is 7.15. The van der Waals surface area contributed by atoms with Gasteiger partial charge in [-0.15, -0.1) is 0 Å². The molecule has 2 nitrogen and oxygen atoms in total. The summed E-state index contributed by atoms with van der Waals surface area (Å²) < 4.78 is 0. The van der Waals surface area contributed by atoms with Crippen LogP contribution in [0.2, 0.25) is 0 Å². The van der Waals surface area contributed by atoms with Gasteiger partial charge in [0.05, 0.1) is 0 Å². The first-order chi connectivity index (χ1) is 8.88. The van der Waals surface area contributed by atoms with Crippen molar-refractivity contribution < 1.29 is 0 Å². The summed E-state index contributed by atoms with van der Waals surface area (Å²) in [7, 11) is 0. The minimum Gasteiger partial charge on any atom is -0.303 e. The van der Waals surface area contributed by atoms with Crippen LogP contribution in [-0.4, -0.2) is 37.3 Å². The van der Waals surface area contributed by atoms with Gasteiger partial charge >= 0.3 is 0 Å². The summed E-state index contributed by atoms with van der Waals surface area (Å²) in [4.78, 5) is 7.17. The molecule has 1 fully saturated rings. The lowest BCUT2D eigenvalue weighted by molar-refractivity contribution is 0.188. The Hall–Kier alpha value is -1.15. The van der Waals surface area contributed by atoms with Crippen molar-refractivity contribution in [2.45, 2.75) is 26.2 Å². The maximum Gasteiger partial charge on any atom is 0.0418 e. The van der Waals surface area contributed by atoms with Crippen molar-refractivity contribution >= 4 is 6.21 Å². The van der Waals surface area contributed by atoms with Crippen LogP contribution in [0.3, 0.4) is 0 Å². The molecule has 1 aromatic rings. The molecule has 1 heterocycles. The number of benzene rings is 1. The van der Waals surface area contributed by atoms with Crippen LogP contribution in [0.1, 0.15) is 31.7 Å². The SMILES string of the molecule is CCCN1CCC(CN=Cc2ccccc2)CC1. The summed E-state index contributed by atoms with van der Waals surface area (Å²) in [6, 6.07) is 10.4. The molecule has 0 bridgehead atoms. The van der Waals surface area contributed by atoms with Gasteiger partial charge in [0.1, 0.15) is 0 Å². The third kappa shape index (κ3) is 4.26. The molecule has 0 N–H and O–H groups in total. The van der Waals surface area contributed by atoms with Crippen LogP contribution in [0, 0.1) is 5.92 Å². The number of rotatable bonds is 5. The third-order valence-corrected chi connectivity index (χ3v) is 3.65. The average molecular weight is 244 g/mol. The Balaban J connectivity index is 1.71. The predicted octanol–water partition coefficient (Wildman–Crippen LogP) is 3.23. The van der Waals surface area contributed by atoms with Gasteiger partial charge in [0.15, 0.2) is 0 Å². The van der Waals surface area contributed by atoms with E-state index in [1.807, 2.05) is 12.3 Å². The van der Waals surface area contributed by atoms with E-state index in [9.17, 15) is 0 Å². The smallest absolute Gasteiger partial charge is 0.0418 e. The lowest BCUT2D eigenvalue weighted by atomic mass is 9.97. The zero-order chi connectivity index (χ0) is 12.6. The molecule has 98 valence electrons. The molecule has 0 aromatic heterocycles. The Morgan fingerprint density at radius 3 is 2.61 bits per heavy atom. The predicted molar refractivity (Wildman–Crippen MR) is 78.4 cm³/mol. The molecule has 0 spiro atoms. The van der Waals surface area contributed by atoms with Gasteiger partial charge in [0.2, 0.25) is 0 Å². The van der Waals surface area contributed by atoms with Gasteiger partial charge in [0.25, 0.3) is 0 Å². The lowest BCUT2D eigenvalue weighted by Gasteiger charge is -2.30. The fraction of sp³-hybridized carbons (Fsp3) is 0.562. The van der Waals surface area contributed by atoms with E-state index in [0.717, 1.165) is 12.5 Å². The maximum atomic E-state index is 4.59. The molecule has 18 heavy (non-hydrogen) atoms. The number of piperidine rings is 1. The van der Waals surface area contributed by atoms with Crippen LogP contribution in [0.5, 0.6) is 0 Å². The maximum absolute atomic E-state index is 4.59. The molecule has 1 aliphatic heterocycles. The molecule has 2 heteroatoms. The first kappa shape index (κ1) is 13.3. The van der Waals surface area contributed by atoms with E-state index in [4.69, 9.17) is 0 Å². The zero-order valence-electron chi connectivity index (χ0n) is 11.4. The summed E-state index contributed by atoms with van der Waals surface area (Å²) in [5.74, 6) is 0.790. The van der Waals surface area contributed by atoms with E-state index in [2.05, 4.69) is 41.1 Å². The van der Waals surface area contributed by atoms with Crippen LogP contribution in [0.15, 0.2) is 35.3 Å². The van der Waals surface area contributed by atoms with Crippen molar-refractivity contribution in [2.75, 3.05) is 26.2 Å². The molecule has 0 saturated carbocycles. The van der Waals surface area contributed by atoms with Gasteiger partial charge in [-0.05, 0) is 50.4 Å². The normalized spacial score (nSPS) is 18.5. The molecule has 0 atom stereocenters. The van der Waals surface area contributed by atoms with Crippen LogP contribution in [-0.2, 0) is 0 Å². The second kappa shape index (κ2) is 7.32. The number of aliphatic imine (C=N–C) groups is 1. The topological polar surface area (TPSA) is 15.6 Å². The van der Waals surface area contributed by atoms with Crippen molar-refractivity contribution in [1.82, 2.24) is 4.90 Å². The Morgan fingerprint density at radius 1 is 1.22 bits per heavy atom. The van der Waals surface area contributed by atoms with Gasteiger partial charge in [-0.3, -0.25) is 4.99 Å². The minimum atomic E-state index is 0.790. The highest BCUT2D eigenvalue weighted by Gasteiger charge is 2.17. The van der Waals surface area contributed by atoms with Gasteiger partial charge in [-0.25, -0.2) is 0 Å². The fourth-order valence-electron chi connectivity index (χ4n) is 2.56. The van der Waals surface area contributed by atoms with E-state index in [1.54, 1.807) is 0 Å². The van der Waals surface area contributed by atoms with Crippen molar-refractivity contribution in [2.24, 2.45) is 10.9 Å². The summed E-state index contributed by atoms with van der Waals surface area (Å²) in [6.45, 7) is 7.05. The molecule has 1 saturated heterocycles. The van der Waals surface area contributed by atoms with Gasteiger partial charge in [0, 0.05) is 12.8 Å². The lowest BCUT2D eigenvalue weighted by Crippen LogP contribution is -2.34. The standard InChI is InChI=1S/C16H24N2/c1-2-10-18-11-8-16(9-12-18)14-17-13-15-6-4-3-5-7-15/h3-7,13,16H,2,8-12,14H2,1H3. The van der Waals surface area contributed by atoms with E-state index >= 15 is 0 Å². The van der Waals surface area contributed by atoms with E-state index < -0.39 is 0 Å². The van der Waals surface area contributed by atoms with Gasteiger partial charge < -0.3 is 4.90 Å². The molecular weight excluding hydrogens is 220 g/mol. The second-order valence-corrected chi connectivity index (χ2v) is 5.19. The van der Waals surface area contributed by atoms with Crippen LogP contribution < -0.4 is 0 Å². The van der Waals surface area contributed by atoms with Crippen molar-refractivity contribution in [3.63, 3.8) is 0 Å². The number of hydrogen-bond acceptors (Lipinski definition) is 2. The summed E-state index contributed by atoms with van der Waals surface area (Å²) >= 11 is 0. The van der Waals surface area contributed by atoms with Crippen molar-refractivity contribution in [1.29, 1.82) is 0 Å². The number of nitrogens with zero attached hydrogens (tertiary/aromatic N) is 2. The quantitative estimate of drug-likeness (QED) is 0.726. The molecule has 0 aliphatic carbocycles. The molecule has 1 aromatic carbocycles. The number of likely N-dealkylation sites (tertiary alicyclic amines) is 1. The molecule has 0 amide bonds. The summed E-state index contributed by atoms with van der Waals surface area (Å²) in [6.07, 6.45) is 5.91. The van der Waals surface area contributed by atoms with E-state index in [-0.39, 0.29) is 0 Å². The van der Waals surface area contributed by atoms with Gasteiger partial charge in [-0.2, -0.15) is 0 Å². The van der Waals surface area contributed by atoms with Crippen LogP contribution >= 0.6 is 0 Å². The number of hydrogen-bond donors (Lipinski definition) is 0. The molecule has 1 aliphatic rings. The van der Waals surface area contributed by atoms with Crippen molar-refractivity contribution in [3.05, 3.63) is 35.9 Å². The summed E-state index contributed by atoms with van der Waals surface area (Å²) in [5.41, 5.74) is 1.21. The highest BCUT2D eigenvalue weighted by Crippen LogP contribution is 2.17. The largest absolute Gasteiger partial charge is 0.303 e. The molecular formula is C16H24N2. The molecule has 0 radical (unpaired) electrons. The second-order valence-electron chi connectivity index (χ2n) is 5.19. The Morgan fingerprint density at radius 2 is 1.94 bits per heavy atom. The Kier molecular flexibility index (Phi) is 5.40. The Bertz CT molecular complexity index is 351. The molecule has 2 rings (SSSR count). The highest BCUT2D eigenvalue weighted by atomic mass is 15.1. The Labute approximate surface area is 111 Å². The molecule has 0 unspecified atom stereocenters. The van der Waals surface area contributed by atoms with E-state index in [0.29, 0.717) is 0 Å². The van der Waals surface area contributed by atoms with Crippen molar-refractivity contribution in [3.8, 4) is 0 Å². The first-order valence-corrected chi connectivity index (χ1v) is 7.15. The third-order valence-electron chi connectivity index (χ3n) is 3.65.